The lowest BCUT2D eigenvalue weighted by atomic mass is 10.0. The second kappa shape index (κ2) is 7.62. The summed E-state index contributed by atoms with van der Waals surface area (Å²) in [6.07, 6.45) is 1.22. The average molecular weight is 414 g/mol. The molecule has 2 aromatic heterocycles. The highest BCUT2D eigenvalue weighted by molar-refractivity contribution is 9.10. The van der Waals surface area contributed by atoms with Crippen LogP contribution in [0.1, 0.15) is 36.6 Å². The molecule has 0 fully saturated rings. The summed E-state index contributed by atoms with van der Waals surface area (Å²) < 4.78 is 7.82. The van der Waals surface area contributed by atoms with Crippen LogP contribution in [-0.4, -0.2) is 20.0 Å². The van der Waals surface area contributed by atoms with Crippen LogP contribution in [0.15, 0.2) is 37.9 Å². The van der Waals surface area contributed by atoms with Crippen molar-refractivity contribution >= 4 is 15.9 Å². The number of aryl methyl sites for hydroxylation is 1. The maximum atomic E-state index is 12.5. The molecule has 0 spiro atoms. The number of halogens is 1. The second-order valence-electron chi connectivity index (χ2n) is 5.59. The fraction of sp³-hybridized carbons (Fsp3) is 0.278. The van der Waals surface area contributed by atoms with Crippen molar-refractivity contribution in [2.24, 2.45) is 0 Å². The van der Waals surface area contributed by atoms with E-state index in [-0.39, 0.29) is 18.0 Å². The number of hydrogen-bond acceptors (Lipinski definition) is 6. The summed E-state index contributed by atoms with van der Waals surface area (Å²) in [6, 6.07) is 9.46. The monoisotopic (exact) mass is 413 g/mol. The highest BCUT2D eigenvalue weighted by Crippen LogP contribution is 2.20. The van der Waals surface area contributed by atoms with Crippen molar-refractivity contribution < 1.29 is 4.42 Å². The van der Waals surface area contributed by atoms with Crippen molar-refractivity contribution in [3.05, 3.63) is 61.8 Å². The zero-order valence-electron chi connectivity index (χ0n) is 14.4. The number of benzene rings is 1. The molecule has 26 heavy (non-hydrogen) atoms. The molecule has 0 aliphatic rings. The minimum Gasteiger partial charge on any atom is -0.419 e. The summed E-state index contributed by atoms with van der Waals surface area (Å²) in [7, 11) is 0. The molecule has 3 aromatic rings. The number of aromatic nitrogens is 4. The molecule has 2 heterocycles. The summed E-state index contributed by atoms with van der Waals surface area (Å²) in [6.45, 7) is 3.87. The van der Waals surface area contributed by atoms with Crippen LogP contribution in [0.2, 0.25) is 0 Å². The number of hydrogen-bond donors (Lipinski definition) is 0. The maximum absolute atomic E-state index is 12.5. The largest absolute Gasteiger partial charge is 0.419 e. The van der Waals surface area contributed by atoms with Crippen LogP contribution in [0.4, 0.5) is 0 Å². The molecule has 8 heteroatoms. The maximum Gasteiger partial charge on any atom is 0.285 e. The highest BCUT2D eigenvalue weighted by Gasteiger charge is 2.17. The SMILES string of the molecule is CCc1nn(Cc2nnc(-c3ccc(Br)cc3)o2)c(=O)c(C#N)c1CC. The van der Waals surface area contributed by atoms with Gasteiger partial charge in [-0.25, -0.2) is 4.68 Å². The van der Waals surface area contributed by atoms with Crippen molar-refractivity contribution in [3.63, 3.8) is 0 Å². The van der Waals surface area contributed by atoms with Crippen LogP contribution >= 0.6 is 15.9 Å². The molecule has 0 radical (unpaired) electrons. The van der Waals surface area contributed by atoms with E-state index in [2.05, 4.69) is 31.2 Å². The molecule has 0 atom stereocenters. The van der Waals surface area contributed by atoms with Crippen LogP contribution in [0.5, 0.6) is 0 Å². The van der Waals surface area contributed by atoms with E-state index in [1.165, 1.54) is 4.68 Å². The van der Waals surface area contributed by atoms with Crippen molar-refractivity contribution in [2.45, 2.75) is 33.2 Å². The van der Waals surface area contributed by atoms with Crippen molar-refractivity contribution in [1.29, 1.82) is 5.26 Å². The Bertz CT molecular complexity index is 1030. The van der Waals surface area contributed by atoms with Crippen LogP contribution in [0.25, 0.3) is 11.5 Å². The molecule has 0 aliphatic heterocycles. The Morgan fingerprint density at radius 3 is 2.54 bits per heavy atom. The van der Waals surface area contributed by atoms with Crippen LogP contribution in [0.3, 0.4) is 0 Å². The third-order valence-corrected chi connectivity index (χ3v) is 4.51. The molecule has 0 aliphatic carbocycles. The predicted molar refractivity (Wildman–Crippen MR) is 98.5 cm³/mol. The predicted octanol–water partition coefficient (Wildman–Crippen LogP) is 3.10. The lowest BCUT2D eigenvalue weighted by molar-refractivity contribution is 0.461. The van der Waals surface area contributed by atoms with Crippen molar-refractivity contribution in [2.75, 3.05) is 0 Å². The lowest BCUT2D eigenvalue weighted by Gasteiger charge is -2.10. The van der Waals surface area contributed by atoms with Crippen LogP contribution < -0.4 is 5.56 Å². The fourth-order valence-electron chi connectivity index (χ4n) is 2.70. The number of rotatable bonds is 5. The molecular weight excluding hydrogens is 398 g/mol. The van der Waals surface area contributed by atoms with Crippen LogP contribution in [-0.2, 0) is 19.4 Å². The number of nitriles is 1. The van der Waals surface area contributed by atoms with Gasteiger partial charge in [0.2, 0.25) is 11.8 Å². The Morgan fingerprint density at radius 2 is 1.92 bits per heavy atom. The van der Waals surface area contributed by atoms with E-state index in [1.54, 1.807) is 0 Å². The molecular formula is C18H16BrN5O2. The van der Waals surface area contributed by atoms with Gasteiger partial charge in [-0.3, -0.25) is 4.79 Å². The normalized spacial score (nSPS) is 10.7. The van der Waals surface area contributed by atoms with E-state index in [1.807, 2.05) is 44.2 Å². The van der Waals surface area contributed by atoms with E-state index in [0.717, 1.165) is 15.7 Å². The molecule has 0 unspecified atom stereocenters. The van der Waals surface area contributed by atoms with E-state index in [0.29, 0.717) is 24.3 Å². The fourth-order valence-corrected chi connectivity index (χ4v) is 2.96. The molecule has 7 nitrogen and oxygen atoms in total. The van der Waals surface area contributed by atoms with E-state index < -0.39 is 5.56 Å². The number of nitrogens with zero attached hydrogens (tertiary/aromatic N) is 5. The second-order valence-corrected chi connectivity index (χ2v) is 6.51. The van der Waals surface area contributed by atoms with Gasteiger partial charge in [-0.05, 0) is 42.7 Å². The van der Waals surface area contributed by atoms with Gasteiger partial charge in [0.15, 0.2) is 0 Å². The molecule has 1 aromatic carbocycles. The van der Waals surface area contributed by atoms with Crippen LogP contribution in [0, 0.1) is 11.3 Å². The minimum absolute atomic E-state index is 0.0219. The van der Waals surface area contributed by atoms with Crippen molar-refractivity contribution in [1.82, 2.24) is 20.0 Å². The Balaban J connectivity index is 1.96. The quantitative estimate of drug-likeness (QED) is 0.637. The smallest absolute Gasteiger partial charge is 0.285 e. The van der Waals surface area contributed by atoms with Gasteiger partial charge in [0.25, 0.3) is 5.56 Å². The first-order valence-corrected chi connectivity index (χ1v) is 8.97. The molecule has 3 rings (SSSR count). The average Bonchev–Trinajstić information content (AvgIpc) is 3.11. The Labute approximate surface area is 158 Å². The molecule has 0 saturated heterocycles. The van der Waals surface area contributed by atoms with Gasteiger partial charge in [-0.2, -0.15) is 10.4 Å². The molecule has 0 saturated carbocycles. The first-order valence-electron chi connectivity index (χ1n) is 8.18. The topological polar surface area (TPSA) is 97.6 Å². The van der Waals surface area contributed by atoms with Gasteiger partial charge < -0.3 is 4.42 Å². The summed E-state index contributed by atoms with van der Waals surface area (Å²) in [4.78, 5) is 12.5. The summed E-state index contributed by atoms with van der Waals surface area (Å²) in [5.41, 5.74) is 1.91. The summed E-state index contributed by atoms with van der Waals surface area (Å²) >= 11 is 3.37. The van der Waals surface area contributed by atoms with E-state index >= 15 is 0 Å². The zero-order chi connectivity index (χ0) is 18.7. The minimum atomic E-state index is -0.440. The Morgan fingerprint density at radius 1 is 1.19 bits per heavy atom. The third-order valence-electron chi connectivity index (χ3n) is 3.98. The molecule has 0 N–H and O–H groups in total. The zero-order valence-corrected chi connectivity index (χ0v) is 15.9. The standard InChI is InChI=1S/C18H16BrN5O2/c1-3-13-14(9-20)18(25)24(23-15(13)4-2)10-16-21-22-17(26-16)11-5-7-12(19)8-6-11/h5-8H,3-4,10H2,1-2H3. The van der Waals surface area contributed by atoms with Crippen molar-refractivity contribution in [3.8, 4) is 17.5 Å². The lowest BCUT2D eigenvalue weighted by Crippen LogP contribution is -2.29. The van der Waals surface area contributed by atoms with E-state index in [4.69, 9.17) is 4.42 Å². The van der Waals surface area contributed by atoms with Gasteiger partial charge in [0.05, 0.1) is 5.69 Å². The summed E-state index contributed by atoms with van der Waals surface area (Å²) in [5, 5.41) is 21.8. The van der Waals surface area contributed by atoms with Gasteiger partial charge in [-0.1, -0.05) is 29.8 Å². The van der Waals surface area contributed by atoms with Gasteiger partial charge in [-0.15, -0.1) is 10.2 Å². The Kier molecular flexibility index (Phi) is 5.28. The van der Waals surface area contributed by atoms with Gasteiger partial charge >= 0.3 is 0 Å². The first kappa shape index (κ1) is 18.0. The molecule has 0 bridgehead atoms. The third kappa shape index (κ3) is 3.44. The first-order chi connectivity index (χ1) is 12.6. The highest BCUT2D eigenvalue weighted by atomic mass is 79.9. The summed E-state index contributed by atoms with van der Waals surface area (Å²) in [5.74, 6) is 0.620. The van der Waals surface area contributed by atoms with Gasteiger partial charge in [0, 0.05) is 10.0 Å². The van der Waals surface area contributed by atoms with E-state index in [9.17, 15) is 10.1 Å². The Hall–Kier alpha value is -2.79. The molecule has 0 amide bonds. The molecule has 132 valence electrons. The van der Waals surface area contributed by atoms with Gasteiger partial charge in [0.1, 0.15) is 18.2 Å².